The van der Waals surface area contributed by atoms with Crippen molar-refractivity contribution in [2.45, 2.75) is 25.7 Å². The second kappa shape index (κ2) is 10.7. The van der Waals surface area contributed by atoms with Gasteiger partial charge in [0.15, 0.2) is 5.82 Å². The van der Waals surface area contributed by atoms with Gasteiger partial charge >= 0.3 is 0 Å². The van der Waals surface area contributed by atoms with Gasteiger partial charge in [-0.25, -0.2) is 4.98 Å². The third-order valence-corrected chi connectivity index (χ3v) is 4.83. The Labute approximate surface area is 174 Å². The summed E-state index contributed by atoms with van der Waals surface area (Å²) >= 11 is 3.46. The molecule has 5 heteroatoms. The first-order valence-electron chi connectivity index (χ1n) is 9.44. The predicted octanol–water partition coefficient (Wildman–Crippen LogP) is 5.64. The van der Waals surface area contributed by atoms with Crippen LogP contribution in [0.4, 0.5) is 0 Å². The molecule has 0 saturated carbocycles. The Balaban J connectivity index is 1.78. The fourth-order valence-corrected chi connectivity index (χ4v) is 3.23. The lowest BCUT2D eigenvalue weighted by atomic mass is 10.2. The molecular weight excluding hydrogens is 416 g/mol. The van der Waals surface area contributed by atoms with Gasteiger partial charge in [0.1, 0.15) is 12.4 Å². The van der Waals surface area contributed by atoms with Crippen LogP contribution in [0, 0.1) is 12.3 Å². The van der Waals surface area contributed by atoms with E-state index in [4.69, 9.17) is 20.9 Å². The highest BCUT2D eigenvalue weighted by Crippen LogP contribution is 2.27. The largest absolute Gasteiger partial charge is 0.481 e. The molecule has 0 amide bonds. The number of para-hydroxylation sites is 1. The normalized spacial score (nSPS) is 10.6. The third kappa shape index (κ3) is 5.46. The van der Waals surface area contributed by atoms with Gasteiger partial charge in [-0.3, -0.25) is 0 Å². The first kappa shape index (κ1) is 20.2. The molecule has 0 N–H and O–H groups in total. The molecule has 4 nitrogen and oxygen atoms in total. The van der Waals surface area contributed by atoms with Gasteiger partial charge < -0.3 is 9.47 Å². The summed E-state index contributed by atoms with van der Waals surface area (Å²) in [6.07, 6.45) is 9.80. The Morgan fingerprint density at radius 1 is 0.893 bits per heavy atom. The van der Waals surface area contributed by atoms with E-state index in [1.165, 1.54) is 12.8 Å². The summed E-state index contributed by atoms with van der Waals surface area (Å²) in [5, 5.41) is 1.99. The highest BCUT2D eigenvalue weighted by Gasteiger charge is 2.10. The average molecular weight is 439 g/mol. The minimum Gasteiger partial charge on any atom is -0.481 e. The lowest BCUT2D eigenvalue weighted by Crippen LogP contribution is -2.02. The molecule has 0 aliphatic carbocycles. The molecule has 0 atom stereocenters. The molecule has 3 rings (SSSR count). The van der Waals surface area contributed by atoms with Crippen LogP contribution >= 0.6 is 15.9 Å². The van der Waals surface area contributed by atoms with Gasteiger partial charge in [-0.1, -0.05) is 46.8 Å². The number of halogens is 1. The summed E-state index contributed by atoms with van der Waals surface area (Å²) in [6, 6.07) is 15.5. The fourth-order valence-electron chi connectivity index (χ4n) is 2.83. The Hall–Kier alpha value is -2.58. The van der Waals surface area contributed by atoms with E-state index in [0.29, 0.717) is 18.3 Å². The van der Waals surface area contributed by atoms with Gasteiger partial charge in [0, 0.05) is 10.9 Å². The number of fused-ring (bicyclic) bond motifs is 1. The Kier molecular flexibility index (Phi) is 7.69. The predicted molar refractivity (Wildman–Crippen MR) is 117 cm³/mol. The lowest BCUT2D eigenvalue weighted by Gasteiger charge is -2.11. The summed E-state index contributed by atoms with van der Waals surface area (Å²) in [6.45, 7) is 0.904. The second-order valence-electron chi connectivity index (χ2n) is 6.34. The molecule has 0 saturated heterocycles. The number of benzene rings is 2. The van der Waals surface area contributed by atoms with E-state index in [-0.39, 0.29) is 6.61 Å². The minimum atomic E-state index is 0.249. The highest BCUT2D eigenvalue weighted by atomic mass is 79.9. The van der Waals surface area contributed by atoms with Crippen LogP contribution in [0.3, 0.4) is 0 Å². The number of nitrogens with zero attached hydrogens (tertiary/aromatic N) is 2. The van der Waals surface area contributed by atoms with Crippen molar-refractivity contribution in [1.82, 2.24) is 9.97 Å². The van der Waals surface area contributed by atoms with Crippen molar-refractivity contribution in [3.05, 3.63) is 48.5 Å². The SMILES string of the molecule is C#CCOc1ccc(-c2nc(OCCCCCCBr)c3ccccc3n2)cc1. The zero-order valence-corrected chi connectivity index (χ0v) is 17.3. The number of alkyl halides is 1. The van der Waals surface area contributed by atoms with Crippen molar-refractivity contribution in [2.24, 2.45) is 0 Å². The molecule has 0 aliphatic heterocycles. The zero-order chi connectivity index (χ0) is 19.6. The smallest absolute Gasteiger partial charge is 0.225 e. The van der Waals surface area contributed by atoms with Crippen molar-refractivity contribution in [3.63, 3.8) is 0 Å². The van der Waals surface area contributed by atoms with E-state index in [2.05, 4.69) is 26.8 Å². The van der Waals surface area contributed by atoms with Crippen LogP contribution in [-0.2, 0) is 0 Å². The standard InChI is InChI=1S/C23H23BrN2O2/c1-2-16-27-19-13-11-18(12-14-19)22-25-21-10-6-5-9-20(21)23(26-22)28-17-8-4-3-7-15-24/h1,5-6,9-14H,3-4,7-8,15-17H2. The quantitative estimate of drug-likeness (QED) is 0.233. The molecule has 1 heterocycles. The average Bonchev–Trinajstić information content (AvgIpc) is 2.74. The van der Waals surface area contributed by atoms with Crippen LogP contribution in [0.1, 0.15) is 25.7 Å². The van der Waals surface area contributed by atoms with Crippen LogP contribution in [0.2, 0.25) is 0 Å². The van der Waals surface area contributed by atoms with Gasteiger partial charge in [-0.05, 0) is 49.2 Å². The number of hydrogen-bond acceptors (Lipinski definition) is 4. The maximum absolute atomic E-state index is 6.03. The van der Waals surface area contributed by atoms with Crippen molar-refractivity contribution in [2.75, 3.05) is 18.5 Å². The van der Waals surface area contributed by atoms with Crippen LogP contribution in [0.5, 0.6) is 11.6 Å². The van der Waals surface area contributed by atoms with E-state index in [1.54, 1.807) is 0 Å². The first-order chi connectivity index (χ1) is 13.8. The molecular formula is C23H23BrN2O2. The summed E-state index contributed by atoms with van der Waals surface area (Å²) in [7, 11) is 0. The zero-order valence-electron chi connectivity index (χ0n) is 15.7. The molecule has 144 valence electrons. The molecule has 3 aromatic rings. The lowest BCUT2D eigenvalue weighted by molar-refractivity contribution is 0.297. The maximum Gasteiger partial charge on any atom is 0.225 e. The number of rotatable bonds is 10. The number of ether oxygens (including phenoxy) is 2. The summed E-state index contributed by atoms with van der Waals surface area (Å²) in [5.74, 6) is 4.45. The molecule has 0 fully saturated rings. The molecule has 0 aliphatic rings. The highest BCUT2D eigenvalue weighted by molar-refractivity contribution is 9.09. The first-order valence-corrected chi connectivity index (χ1v) is 10.6. The van der Waals surface area contributed by atoms with Crippen LogP contribution in [-0.4, -0.2) is 28.5 Å². The van der Waals surface area contributed by atoms with Gasteiger partial charge in [0.2, 0.25) is 5.88 Å². The Morgan fingerprint density at radius 2 is 1.68 bits per heavy atom. The summed E-state index contributed by atoms with van der Waals surface area (Å²) < 4.78 is 11.5. The molecule has 0 spiro atoms. The second-order valence-corrected chi connectivity index (χ2v) is 7.13. The van der Waals surface area contributed by atoms with Crippen LogP contribution < -0.4 is 9.47 Å². The number of hydrogen-bond donors (Lipinski definition) is 0. The minimum absolute atomic E-state index is 0.249. The number of aromatic nitrogens is 2. The van der Waals surface area contributed by atoms with Crippen LogP contribution in [0.25, 0.3) is 22.3 Å². The molecule has 0 radical (unpaired) electrons. The topological polar surface area (TPSA) is 44.2 Å². The van der Waals surface area contributed by atoms with E-state index in [0.717, 1.165) is 40.4 Å². The number of unbranched alkanes of at least 4 members (excludes halogenated alkanes) is 3. The van der Waals surface area contributed by atoms with Crippen molar-refractivity contribution >= 4 is 26.8 Å². The van der Waals surface area contributed by atoms with Crippen molar-refractivity contribution in [3.8, 4) is 35.4 Å². The molecule has 2 aromatic carbocycles. The molecule has 1 aromatic heterocycles. The van der Waals surface area contributed by atoms with Gasteiger partial charge in [0.05, 0.1) is 17.5 Å². The maximum atomic E-state index is 6.03. The van der Waals surface area contributed by atoms with E-state index in [9.17, 15) is 0 Å². The van der Waals surface area contributed by atoms with Crippen LogP contribution in [0.15, 0.2) is 48.5 Å². The van der Waals surface area contributed by atoms with E-state index >= 15 is 0 Å². The van der Waals surface area contributed by atoms with Crippen molar-refractivity contribution in [1.29, 1.82) is 0 Å². The van der Waals surface area contributed by atoms with Gasteiger partial charge in [0.25, 0.3) is 0 Å². The van der Waals surface area contributed by atoms with Crippen molar-refractivity contribution < 1.29 is 9.47 Å². The van der Waals surface area contributed by atoms with Gasteiger partial charge in [-0.15, -0.1) is 6.42 Å². The number of terminal acetylenes is 1. The summed E-state index contributed by atoms with van der Waals surface area (Å²) in [4.78, 5) is 9.38. The third-order valence-electron chi connectivity index (χ3n) is 4.27. The molecule has 28 heavy (non-hydrogen) atoms. The van der Waals surface area contributed by atoms with E-state index < -0.39 is 0 Å². The van der Waals surface area contributed by atoms with Gasteiger partial charge in [-0.2, -0.15) is 4.98 Å². The Bertz CT molecular complexity index is 935. The summed E-state index contributed by atoms with van der Waals surface area (Å²) in [5.41, 5.74) is 1.77. The van der Waals surface area contributed by atoms with E-state index in [1.807, 2.05) is 48.5 Å². The molecule has 0 bridgehead atoms. The Morgan fingerprint density at radius 3 is 2.46 bits per heavy atom. The fraction of sp³-hybridized carbons (Fsp3) is 0.304. The molecule has 0 unspecified atom stereocenters. The monoisotopic (exact) mass is 438 g/mol.